The monoisotopic (exact) mass is 337 g/mol. The van der Waals surface area contributed by atoms with Crippen LogP contribution in [0.3, 0.4) is 0 Å². The van der Waals surface area contributed by atoms with Gasteiger partial charge in [0.05, 0.1) is 13.0 Å². The Labute approximate surface area is 141 Å². The van der Waals surface area contributed by atoms with Crippen molar-refractivity contribution in [3.8, 4) is 0 Å². The zero-order valence-corrected chi connectivity index (χ0v) is 14.2. The molecule has 7 nitrogen and oxygen atoms in total. The SMILES string of the molecule is COC(=O)C(NC(=O)OC(C)(C)C)C(Cc1ccccc1)C(=O)O. The van der Waals surface area contributed by atoms with Gasteiger partial charge in [-0.1, -0.05) is 30.3 Å². The minimum absolute atomic E-state index is 0.0612. The number of benzene rings is 1. The molecule has 2 atom stereocenters. The fraction of sp³-hybridized carbons (Fsp3) is 0.471. The molecule has 2 unspecified atom stereocenters. The van der Waals surface area contributed by atoms with Crippen molar-refractivity contribution in [1.82, 2.24) is 5.32 Å². The molecule has 1 aromatic rings. The molecule has 0 spiro atoms. The Balaban J connectivity index is 2.99. The number of carboxylic acids is 1. The molecule has 0 bridgehead atoms. The van der Waals surface area contributed by atoms with E-state index in [0.29, 0.717) is 0 Å². The average Bonchev–Trinajstić information content (AvgIpc) is 2.49. The van der Waals surface area contributed by atoms with Crippen molar-refractivity contribution >= 4 is 18.0 Å². The van der Waals surface area contributed by atoms with Crippen molar-refractivity contribution in [3.63, 3.8) is 0 Å². The Kier molecular flexibility index (Phi) is 6.76. The maximum atomic E-state index is 12.0. The molecule has 0 heterocycles. The van der Waals surface area contributed by atoms with Gasteiger partial charge < -0.3 is 19.9 Å². The molecule has 0 fully saturated rings. The van der Waals surface area contributed by atoms with Gasteiger partial charge in [-0.05, 0) is 32.8 Å². The summed E-state index contributed by atoms with van der Waals surface area (Å²) < 4.78 is 9.73. The van der Waals surface area contributed by atoms with Gasteiger partial charge >= 0.3 is 18.0 Å². The lowest BCUT2D eigenvalue weighted by Crippen LogP contribution is -2.51. The van der Waals surface area contributed by atoms with Gasteiger partial charge in [0.25, 0.3) is 0 Å². The number of aliphatic carboxylic acids is 1. The first-order valence-corrected chi connectivity index (χ1v) is 7.48. The summed E-state index contributed by atoms with van der Waals surface area (Å²) in [5.41, 5.74) is -0.0482. The second kappa shape index (κ2) is 8.33. The van der Waals surface area contributed by atoms with E-state index in [4.69, 9.17) is 4.74 Å². The zero-order chi connectivity index (χ0) is 18.3. The fourth-order valence-corrected chi connectivity index (χ4v) is 2.10. The normalized spacial score (nSPS) is 13.5. The van der Waals surface area contributed by atoms with Gasteiger partial charge in [-0.25, -0.2) is 9.59 Å². The highest BCUT2D eigenvalue weighted by Crippen LogP contribution is 2.16. The van der Waals surface area contributed by atoms with E-state index in [1.807, 2.05) is 0 Å². The Morgan fingerprint density at radius 2 is 1.75 bits per heavy atom. The summed E-state index contributed by atoms with van der Waals surface area (Å²) in [6.07, 6.45) is -0.816. The minimum Gasteiger partial charge on any atom is -0.481 e. The van der Waals surface area contributed by atoms with Crippen molar-refractivity contribution < 1.29 is 29.0 Å². The van der Waals surface area contributed by atoms with Crippen LogP contribution in [-0.4, -0.2) is 41.9 Å². The van der Waals surface area contributed by atoms with Crippen LogP contribution < -0.4 is 5.32 Å². The predicted molar refractivity (Wildman–Crippen MR) is 86.4 cm³/mol. The highest BCUT2D eigenvalue weighted by molar-refractivity contribution is 5.87. The second-order valence-electron chi connectivity index (χ2n) is 6.28. The van der Waals surface area contributed by atoms with Gasteiger partial charge in [0.2, 0.25) is 0 Å². The lowest BCUT2D eigenvalue weighted by Gasteiger charge is -2.25. The number of hydrogen-bond donors (Lipinski definition) is 2. The first-order valence-electron chi connectivity index (χ1n) is 7.48. The van der Waals surface area contributed by atoms with Crippen molar-refractivity contribution in [3.05, 3.63) is 35.9 Å². The van der Waals surface area contributed by atoms with Gasteiger partial charge in [0.15, 0.2) is 0 Å². The van der Waals surface area contributed by atoms with E-state index in [9.17, 15) is 19.5 Å². The first-order chi connectivity index (χ1) is 11.1. The summed E-state index contributed by atoms with van der Waals surface area (Å²) >= 11 is 0. The molecule has 2 N–H and O–H groups in total. The number of rotatable bonds is 6. The summed E-state index contributed by atoms with van der Waals surface area (Å²) in [5.74, 6) is -3.25. The number of carbonyl (C=O) groups is 3. The molecular formula is C17H23NO6. The standard InChI is InChI=1S/C17H23NO6/c1-17(2,3)24-16(22)18-13(15(21)23-4)12(14(19)20)10-11-8-6-5-7-9-11/h5-9,12-13H,10H2,1-4H3,(H,18,22)(H,19,20). The smallest absolute Gasteiger partial charge is 0.408 e. The topological polar surface area (TPSA) is 102 Å². The molecule has 24 heavy (non-hydrogen) atoms. The van der Waals surface area contributed by atoms with Gasteiger partial charge in [-0.2, -0.15) is 0 Å². The molecular weight excluding hydrogens is 314 g/mol. The molecule has 1 amide bonds. The molecule has 7 heteroatoms. The minimum atomic E-state index is -1.36. The molecule has 0 aromatic heterocycles. The summed E-state index contributed by atoms with van der Waals surface area (Å²) in [6.45, 7) is 5.00. The van der Waals surface area contributed by atoms with E-state index < -0.39 is 35.6 Å². The van der Waals surface area contributed by atoms with E-state index in [0.717, 1.165) is 12.7 Å². The Morgan fingerprint density at radius 1 is 1.17 bits per heavy atom. The van der Waals surface area contributed by atoms with Crippen LogP contribution in [0.5, 0.6) is 0 Å². The third kappa shape index (κ3) is 6.28. The summed E-state index contributed by atoms with van der Waals surface area (Å²) in [7, 11) is 1.13. The average molecular weight is 337 g/mol. The third-order valence-electron chi connectivity index (χ3n) is 3.15. The van der Waals surface area contributed by atoms with Crippen molar-refractivity contribution in [1.29, 1.82) is 0 Å². The molecule has 0 radical (unpaired) electrons. The Morgan fingerprint density at radius 3 is 2.21 bits per heavy atom. The molecule has 1 rings (SSSR count). The Bertz CT molecular complexity index is 578. The maximum Gasteiger partial charge on any atom is 0.408 e. The van der Waals surface area contributed by atoms with Crippen molar-refractivity contribution in [2.75, 3.05) is 7.11 Å². The van der Waals surface area contributed by atoms with Crippen LogP contribution in [0.15, 0.2) is 30.3 Å². The van der Waals surface area contributed by atoms with Gasteiger partial charge in [0, 0.05) is 0 Å². The molecule has 132 valence electrons. The molecule has 0 saturated carbocycles. The van der Waals surface area contributed by atoms with E-state index in [1.165, 1.54) is 0 Å². The lowest BCUT2D eigenvalue weighted by molar-refractivity contribution is -0.152. The van der Waals surface area contributed by atoms with Gasteiger partial charge in [0.1, 0.15) is 11.6 Å². The van der Waals surface area contributed by atoms with E-state index in [1.54, 1.807) is 51.1 Å². The van der Waals surface area contributed by atoms with Gasteiger partial charge in [-0.15, -0.1) is 0 Å². The highest BCUT2D eigenvalue weighted by atomic mass is 16.6. The van der Waals surface area contributed by atoms with E-state index in [2.05, 4.69) is 10.1 Å². The number of carbonyl (C=O) groups excluding carboxylic acids is 2. The number of carboxylic acid groups (broad SMARTS) is 1. The number of nitrogens with one attached hydrogen (secondary N) is 1. The third-order valence-corrected chi connectivity index (χ3v) is 3.15. The Hall–Kier alpha value is -2.57. The van der Waals surface area contributed by atoms with Gasteiger partial charge in [-0.3, -0.25) is 4.79 Å². The maximum absolute atomic E-state index is 12.0. The summed E-state index contributed by atoms with van der Waals surface area (Å²) in [6, 6.07) is 7.47. The fourth-order valence-electron chi connectivity index (χ4n) is 2.10. The molecule has 0 saturated heterocycles. The molecule has 1 aromatic carbocycles. The first kappa shape index (κ1) is 19.5. The van der Waals surface area contributed by atoms with Crippen molar-refractivity contribution in [2.24, 2.45) is 5.92 Å². The van der Waals surface area contributed by atoms with Crippen LogP contribution in [0.2, 0.25) is 0 Å². The predicted octanol–water partition coefficient (Wildman–Crippen LogP) is 2.00. The summed E-state index contributed by atoms with van der Waals surface area (Å²) in [4.78, 5) is 35.6. The highest BCUT2D eigenvalue weighted by Gasteiger charge is 2.37. The quantitative estimate of drug-likeness (QED) is 0.770. The molecule has 0 aliphatic rings. The zero-order valence-electron chi connectivity index (χ0n) is 14.2. The van der Waals surface area contributed by atoms with E-state index in [-0.39, 0.29) is 6.42 Å². The van der Waals surface area contributed by atoms with Crippen LogP contribution in [-0.2, 0) is 25.5 Å². The lowest BCUT2D eigenvalue weighted by atomic mass is 9.92. The molecule has 0 aliphatic heterocycles. The second-order valence-corrected chi connectivity index (χ2v) is 6.28. The van der Waals surface area contributed by atoms with Crippen LogP contribution in [0, 0.1) is 5.92 Å². The van der Waals surface area contributed by atoms with E-state index >= 15 is 0 Å². The van der Waals surface area contributed by atoms with Crippen LogP contribution in [0.1, 0.15) is 26.3 Å². The summed E-state index contributed by atoms with van der Waals surface area (Å²) in [5, 5.41) is 11.8. The number of esters is 1. The number of alkyl carbamates (subject to hydrolysis) is 1. The largest absolute Gasteiger partial charge is 0.481 e. The molecule has 0 aliphatic carbocycles. The number of ether oxygens (including phenoxy) is 2. The number of amides is 1. The van der Waals surface area contributed by atoms with Crippen molar-refractivity contribution in [2.45, 2.75) is 38.8 Å². The number of hydrogen-bond acceptors (Lipinski definition) is 5. The van der Waals surface area contributed by atoms with Crippen LogP contribution in [0.4, 0.5) is 4.79 Å². The number of methoxy groups -OCH3 is 1. The van der Waals surface area contributed by atoms with Crippen LogP contribution in [0.25, 0.3) is 0 Å². The van der Waals surface area contributed by atoms with Crippen LogP contribution >= 0.6 is 0 Å².